The van der Waals surface area contributed by atoms with Crippen LogP contribution in [0, 0.1) is 0 Å². The molecule has 0 saturated carbocycles. The molecule has 1 unspecified atom stereocenters. The Kier molecular flexibility index (Phi) is 6.98. The lowest BCUT2D eigenvalue weighted by molar-refractivity contribution is 0.0409. The summed E-state index contributed by atoms with van der Waals surface area (Å²) in [5, 5.41) is 0.211. The van der Waals surface area contributed by atoms with Gasteiger partial charge in [0, 0.05) is 0 Å². The maximum Gasteiger partial charge on any atom is 0.337 e. The molecular weight excluding hydrogens is 308 g/mol. The van der Waals surface area contributed by atoms with E-state index < -0.39 is 8.32 Å². The molecule has 0 heterocycles. The van der Waals surface area contributed by atoms with Crippen LogP contribution < -0.4 is 0 Å². The van der Waals surface area contributed by atoms with E-state index in [0.29, 0.717) is 18.8 Å². The van der Waals surface area contributed by atoms with Crippen LogP contribution in [0.1, 0.15) is 49.7 Å². The third-order valence-electron chi connectivity index (χ3n) is 4.52. The van der Waals surface area contributed by atoms with E-state index in [1.165, 1.54) is 7.11 Å². The summed E-state index contributed by atoms with van der Waals surface area (Å²) in [7, 11) is -0.333. The lowest BCUT2D eigenvalue weighted by Crippen LogP contribution is -2.41. The first-order valence-corrected chi connectivity index (χ1v) is 10.9. The van der Waals surface area contributed by atoms with Gasteiger partial charge in [0.25, 0.3) is 0 Å². The van der Waals surface area contributed by atoms with Crippen molar-refractivity contribution in [3.8, 4) is 0 Å². The van der Waals surface area contributed by atoms with Gasteiger partial charge in [0.15, 0.2) is 8.32 Å². The van der Waals surface area contributed by atoms with Crippen LogP contribution in [-0.4, -0.2) is 34.6 Å². The fourth-order valence-corrected chi connectivity index (χ4v) is 2.87. The Hall–Kier alpha value is -1.17. The fourth-order valence-electron chi connectivity index (χ4n) is 1.84. The van der Waals surface area contributed by atoms with Crippen molar-refractivity contribution in [2.45, 2.75) is 51.9 Å². The van der Waals surface area contributed by atoms with Gasteiger partial charge in [0.1, 0.15) is 0 Å². The first-order chi connectivity index (χ1) is 10.6. The largest absolute Gasteiger partial charge is 0.465 e. The van der Waals surface area contributed by atoms with E-state index in [1.807, 2.05) is 19.1 Å². The van der Waals surface area contributed by atoms with Crippen LogP contribution in [0.2, 0.25) is 18.1 Å². The maximum absolute atomic E-state index is 11.4. The number of rotatable bonds is 7. The smallest absolute Gasteiger partial charge is 0.337 e. The van der Waals surface area contributed by atoms with Gasteiger partial charge in [0.2, 0.25) is 0 Å². The predicted molar refractivity (Wildman–Crippen MR) is 95.3 cm³/mol. The lowest BCUT2D eigenvalue weighted by Gasteiger charge is -2.36. The van der Waals surface area contributed by atoms with Crippen LogP contribution in [0.5, 0.6) is 0 Å². The highest BCUT2D eigenvalue weighted by atomic mass is 28.4. The van der Waals surface area contributed by atoms with Crippen molar-refractivity contribution in [1.82, 2.24) is 0 Å². The summed E-state index contributed by atoms with van der Waals surface area (Å²) < 4.78 is 16.6. The van der Waals surface area contributed by atoms with Crippen LogP contribution in [0.4, 0.5) is 0 Å². The van der Waals surface area contributed by atoms with Crippen molar-refractivity contribution < 1.29 is 18.7 Å². The first kappa shape index (κ1) is 19.9. The standard InChI is InChI=1S/C18H30O4Si/c1-14(15-8-10-16(11-9-15)17(19)20-5)21-12-13-22-23(6,7)18(2,3)4/h8-11,14H,12-13H2,1-7H3. The first-order valence-electron chi connectivity index (χ1n) is 8.02. The van der Waals surface area contributed by atoms with Gasteiger partial charge < -0.3 is 13.9 Å². The molecule has 0 aromatic heterocycles. The Morgan fingerprint density at radius 3 is 2.17 bits per heavy atom. The van der Waals surface area contributed by atoms with Gasteiger partial charge in [-0.25, -0.2) is 4.79 Å². The summed E-state index contributed by atoms with van der Waals surface area (Å²) in [6, 6.07) is 7.30. The Labute approximate surface area is 141 Å². The summed E-state index contributed by atoms with van der Waals surface area (Å²) >= 11 is 0. The van der Waals surface area contributed by atoms with Crippen molar-refractivity contribution >= 4 is 14.3 Å². The molecule has 1 rings (SSSR count). The highest BCUT2D eigenvalue weighted by Crippen LogP contribution is 2.36. The van der Waals surface area contributed by atoms with Crippen LogP contribution in [0.25, 0.3) is 0 Å². The van der Waals surface area contributed by atoms with Gasteiger partial charge in [-0.1, -0.05) is 32.9 Å². The number of esters is 1. The molecule has 0 aliphatic carbocycles. The lowest BCUT2D eigenvalue weighted by atomic mass is 10.1. The molecule has 23 heavy (non-hydrogen) atoms. The van der Waals surface area contributed by atoms with Crippen LogP contribution in [-0.2, 0) is 13.9 Å². The third-order valence-corrected chi connectivity index (χ3v) is 9.06. The van der Waals surface area contributed by atoms with Gasteiger partial charge in [-0.05, 0) is 42.8 Å². The van der Waals surface area contributed by atoms with Gasteiger partial charge in [-0.2, -0.15) is 0 Å². The average Bonchev–Trinajstić information content (AvgIpc) is 2.49. The highest BCUT2D eigenvalue weighted by Gasteiger charge is 2.36. The van der Waals surface area contributed by atoms with E-state index in [9.17, 15) is 4.79 Å². The minimum Gasteiger partial charge on any atom is -0.465 e. The van der Waals surface area contributed by atoms with Gasteiger partial charge >= 0.3 is 5.97 Å². The van der Waals surface area contributed by atoms with E-state index in [4.69, 9.17) is 13.9 Å². The molecule has 0 amide bonds. The number of carbonyl (C=O) groups excluding carboxylic acids is 1. The zero-order valence-electron chi connectivity index (χ0n) is 15.4. The van der Waals surface area contributed by atoms with Crippen molar-refractivity contribution in [3.05, 3.63) is 35.4 Å². The SMILES string of the molecule is COC(=O)c1ccc(C(C)OCCO[Si](C)(C)C(C)(C)C)cc1. The quantitative estimate of drug-likeness (QED) is 0.415. The van der Waals surface area contributed by atoms with E-state index in [1.54, 1.807) is 12.1 Å². The van der Waals surface area contributed by atoms with Crippen LogP contribution in [0.3, 0.4) is 0 Å². The van der Waals surface area contributed by atoms with E-state index in [0.717, 1.165) is 5.56 Å². The predicted octanol–water partition coefficient (Wildman–Crippen LogP) is 4.57. The van der Waals surface area contributed by atoms with Crippen molar-refractivity contribution in [3.63, 3.8) is 0 Å². The van der Waals surface area contributed by atoms with E-state index in [2.05, 4.69) is 33.9 Å². The van der Waals surface area contributed by atoms with Crippen molar-refractivity contribution in [2.24, 2.45) is 0 Å². The Balaban J connectivity index is 2.45. The number of benzene rings is 1. The summed E-state index contributed by atoms with van der Waals surface area (Å²) in [6.45, 7) is 14.3. The third kappa shape index (κ3) is 5.75. The normalized spacial score (nSPS) is 13.7. The summed E-state index contributed by atoms with van der Waals surface area (Å²) in [6.07, 6.45) is -0.0373. The average molecular weight is 339 g/mol. The minimum atomic E-state index is -1.71. The Morgan fingerprint density at radius 2 is 1.70 bits per heavy atom. The number of hydrogen-bond donors (Lipinski definition) is 0. The number of ether oxygens (including phenoxy) is 2. The molecule has 0 N–H and O–H groups in total. The highest BCUT2D eigenvalue weighted by molar-refractivity contribution is 6.74. The number of methoxy groups -OCH3 is 1. The van der Waals surface area contributed by atoms with Gasteiger partial charge in [-0.15, -0.1) is 0 Å². The monoisotopic (exact) mass is 338 g/mol. The molecule has 0 aliphatic heterocycles. The van der Waals surface area contributed by atoms with E-state index >= 15 is 0 Å². The molecule has 0 saturated heterocycles. The second kappa shape index (κ2) is 8.08. The molecule has 1 atom stereocenters. The minimum absolute atomic E-state index is 0.0373. The molecule has 5 heteroatoms. The van der Waals surface area contributed by atoms with Gasteiger partial charge in [0.05, 0.1) is 32.0 Å². The second-order valence-electron chi connectivity index (χ2n) is 7.24. The fraction of sp³-hybridized carbons (Fsp3) is 0.611. The zero-order chi connectivity index (χ0) is 17.7. The number of hydrogen-bond acceptors (Lipinski definition) is 4. The molecule has 0 fully saturated rings. The molecular formula is C18H30O4Si. The maximum atomic E-state index is 11.4. The van der Waals surface area contributed by atoms with Crippen LogP contribution >= 0.6 is 0 Å². The van der Waals surface area contributed by atoms with Gasteiger partial charge in [-0.3, -0.25) is 0 Å². The molecule has 130 valence electrons. The summed E-state index contributed by atoms with van der Waals surface area (Å²) in [5.74, 6) is -0.326. The van der Waals surface area contributed by atoms with E-state index in [-0.39, 0.29) is 17.1 Å². The molecule has 0 bridgehead atoms. The molecule has 1 aromatic rings. The van der Waals surface area contributed by atoms with Crippen molar-refractivity contribution in [1.29, 1.82) is 0 Å². The summed E-state index contributed by atoms with van der Waals surface area (Å²) in [5.41, 5.74) is 1.58. The number of carbonyl (C=O) groups is 1. The Morgan fingerprint density at radius 1 is 1.13 bits per heavy atom. The molecule has 0 aliphatic rings. The summed E-state index contributed by atoms with van der Waals surface area (Å²) in [4.78, 5) is 11.4. The molecule has 4 nitrogen and oxygen atoms in total. The molecule has 0 radical (unpaired) electrons. The van der Waals surface area contributed by atoms with Crippen molar-refractivity contribution in [2.75, 3.05) is 20.3 Å². The topological polar surface area (TPSA) is 44.8 Å². The second-order valence-corrected chi connectivity index (χ2v) is 12.0. The Bertz CT molecular complexity index is 503. The molecule has 1 aromatic carbocycles. The molecule has 0 spiro atoms. The van der Waals surface area contributed by atoms with Crippen LogP contribution in [0.15, 0.2) is 24.3 Å². The zero-order valence-corrected chi connectivity index (χ0v) is 16.4.